The highest BCUT2D eigenvalue weighted by Gasteiger charge is 2.57. The molecule has 10 nitrogen and oxygen atoms in total. The largest absolute Gasteiger partial charge is 0.325 e. The maximum absolute atomic E-state index is 14.1. The fourth-order valence-electron chi connectivity index (χ4n) is 5.94. The quantitative estimate of drug-likeness (QED) is 0.119. The summed E-state index contributed by atoms with van der Waals surface area (Å²) in [4.78, 5) is 66.4. The van der Waals surface area contributed by atoms with E-state index in [1.165, 1.54) is 28.8 Å². The van der Waals surface area contributed by atoms with Gasteiger partial charge < -0.3 is 5.32 Å². The number of non-ortho nitro benzene ring substituents is 1. The van der Waals surface area contributed by atoms with E-state index < -0.39 is 44.6 Å². The van der Waals surface area contributed by atoms with Gasteiger partial charge in [0.15, 0.2) is 0 Å². The second kappa shape index (κ2) is 11.7. The SMILES string of the molecule is O=C(Cn1c2c(sc1=O)[C@H](c1cccc(Cl)c1Cl)C1C(=O)N(c3ccc([N+](=O)[O-])cc3)C(=O)C1S2)Nc1ccc2ccccc2c1. The molecule has 2 aliphatic heterocycles. The second-order valence-electron chi connectivity index (χ2n) is 10.7. The molecule has 7 rings (SSSR count). The van der Waals surface area contributed by atoms with Crippen molar-refractivity contribution in [3.05, 3.63) is 125 Å². The first-order chi connectivity index (χ1) is 22.1. The van der Waals surface area contributed by atoms with Gasteiger partial charge in [0, 0.05) is 28.6 Å². The van der Waals surface area contributed by atoms with Crippen molar-refractivity contribution in [1.29, 1.82) is 0 Å². The number of nitrogens with zero attached hydrogens (tertiary/aromatic N) is 3. The minimum atomic E-state index is -0.973. The Bertz CT molecular complexity index is 2170. The van der Waals surface area contributed by atoms with E-state index in [0.29, 0.717) is 21.2 Å². The third kappa shape index (κ3) is 5.07. The van der Waals surface area contributed by atoms with Gasteiger partial charge in [-0.05, 0) is 46.7 Å². The summed E-state index contributed by atoms with van der Waals surface area (Å²) in [6, 6.07) is 23.3. The number of nitrogens with one attached hydrogen (secondary N) is 1. The van der Waals surface area contributed by atoms with Crippen molar-refractivity contribution in [1.82, 2.24) is 4.57 Å². The first-order valence-electron chi connectivity index (χ1n) is 13.9. The molecule has 46 heavy (non-hydrogen) atoms. The zero-order chi connectivity index (χ0) is 32.3. The van der Waals surface area contributed by atoms with E-state index >= 15 is 0 Å². The summed E-state index contributed by atoms with van der Waals surface area (Å²) in [6.45, 7) is -0.327. The van der Waals surface area contributed by atoms with Gasteiger partial charge in [-0.1, -0.05) is 88.8 Å². The smallest absolute Gasteiger partial charge is 0.308 e. The summed E-state index contributed by atoms with van der Waals surface area (Å²) in [5.41, 5.74) is 1.02. The Morgan fingerprint density at radius 2 is 1.65 bits per heavy atom. The molecular weight excluding hydrogens is 671 g/mol. The molecule has 2 unspecified atom stereocenters. The molecule has 14 heteroatoms. The normalized spacial score (nSPS) is 18.8. The molecule has 0 radical (unpaired) electrons. The van der Waals surface area contributed by atoms with Gasteiger partial charge in [0.05, 0.1) is 31.6 Å². The lowest BCUT2D eigenvalue weighted by Crippen LogP contribution is -2.33. The number of carbonyl (C=O) groups excluding carboxylic acids is 3. The van der Waals surface area contributed by atoms with Crippen molar-refractivity contribution in [2.75, 3.05) is 10.2 Å². The minimum absolute atomic E-state index is 0.182. The average molecular weight is 692 g/mol. The molecule has 0 spiro atoms. The number of nitro benzene ring substituents is 1. The van der Waals surface area contributed by atoms with Crippen molar-refractivity contribution in [3.8, 4) is 0 Å². The molecule has 3 heterocycles. The van der Waals surface area contributed by atoms with Crippen LogP contribution >= 0.6 is 46.3 Å². The molecule has 0 saturated carbocycles. The number of carbonyl (C=O) groups is 3. The zero-order valence-corrected chi connectivity index (χ0v) is 26.5. The molecule has 1 aromatic heterocycles. The van der Waals surface area contributed by atoms with Gasteiger partial charge in [0.1, 0.15) is 11.8 Å². The van der Waals surface area contributed by atoms with Gasteiger partial charge >= 0.3 is 4.87 Å². The lowest BCUT2D eigenvalue weighted by molar-refractivity contribution is -0.384. The lowest BCUT2D eigenvalue weighted by atomic mass is 9.83. The molecule has 3 amide bonds. The van der Waals surface area contributed by atoms with Crippen LogP contribution in [0.5, 0.6) is 0 Å². The molecule has 3 atom stereocenters. The summed E-state index contributed by atoms with van der Waals surface area (Å²) in [7, 11) is 0. The third-order valence-corrected chi connectivity index (χ3v) is 11.5. The number of anilines is 2. The molecule has 0 bridgehead atoms. The highest BCUT2D eigenvalue weighted by Crippen LogP contribution is 2.55. The average Bonchev–Trinajstić information content (AvgIpc) is 3.48. The van der Waals surface area contributed by atoms with Gasteiger partial charge in [-0.2, -0.15) is 0 Å². The molecular formula is C32H20Cl2N4O6S2. The van der Waals surface area contributed by atoms with Crippen LogP contribution in [-0.4, -0.2) is 32.5 Å². The Morgan fingerprint density at radius 3 is 2.39 bits per heavy atom. The zero-order valence-electron chi connectivity index (χ0n) is 23.4. The van der Waals surface area contributed by atoms with Crippen LogP contribution in [0.15, 0.2) is 94.7 Å². The van der Waals surface area contributed by atoms with Crippen molar-refractivity contribution in [2.45, 2.75) is 22.7 Å². The molecule has 1 N–H and O–H groups in total. The molecule has 2 aliphatic rings. The number of benzene rings is 4. The van der Waals surface area contributed by atoms with Gasteiger partial charge in [0.25, 0.3) is 5.69 Å². The van der Waals surface area contributed by atoms with Gasteiger partial charge in [-0.25, -0.2) is 4.90 Å². The van der Waals surface area contributed by atoms with Gasteiger partial charge in [-0.15, -0.1) is 0 Å². The topological polar surface area (TPSA) is 132 Å². The molecule has 230 valence electrons. The van der Waals surface area contributed by atoms with Crippen molar-refractivity contribution >= 4 is 91.9 Å². The standard InChI is InChI=1S/C32H20Cl2N4O6S2/c33-22-7-3-6-21(26(22)34)24-25-27(30(41)37(29(25)40)19-10-12-20(13-11-19)38(43)44)45-31-28(24)46-32(42)36(31)15-23(39)35-18-9-8-16-4-1-2-5-17(16)14-18/h1-14,24-25,27H,15H2,(H,35,39)/t24-,25?,27?/m1/s1. The number of rotatable bonds is 6. The molecule has 1 saturated heterocycles. The summed E-state index contributed by atoms with van der Waals surface area (Å²) in [5.74, 6) is -3.32. The summed E-state index contributed by atoms with van der Waals surface area (Å²) in [5, 5.41) is 15.8. The molecule has 5 aromatic rings. The van der Waals surface area contributed by atoms with E-state index in [-0.39, 0.29) is 28.0 Å². The second-order valence-corrected chi connectivity index (χ2v) is 13.6. The maximum Gasteiger partial charge on any atom is 0.308 e. The molecule has 0 aliphatic carbocycles. The Labute approximate surface area is 278 Å². The number of hydrogen-bond acceptors (Lipinski definition) is 8. The van der Waals surface area contributed by atoms with Crippen molar-refractivity contribution in [2.24, 2.45) is 5.92 Å². The fourth-order valence-corrected chi connectivity index (χ4v) is 9.13. The van der Waals surface area contributed by atoms with E-state index in [4.69, 9.17) is 23.2 Å². The maximum atomic E-state index is 14.1. The number of thioether (sulfide) groups is 1. The van der Waals surface area contributed by atoms with E-state index in [1.807, 2.05) is 36.4 Å². The van der Waals surface area contributed by atoms with Crippen molar-refractivity contribution < 1.29 is 19.3 Å². The van der Waals surface area contributed by atoms with E-state index in [1.54, 1.807) is 24.3 Å². The van der Waals surface area contributed by atoms with E-state index in [0.717, 1.165) is 38.8 Å². The van der Waals surface area contributed by atoms with Crippen LogP contribution in [0.1, 0.15) is 16.4 Å². The third-order valence-electron chi connectivity index (χ3n) is 8.02. The number of halogens is 2. The van der Waals surface area contributed by atoms with Crippen LogP contribution < -0.4 is 15.1 Å². The van der Waals surface area contributed by atoms with Crippen LogP contribution in [0.2, 0.25) is 10.0 Å². The molecule has 1 fully saturated rings. The number of amides is 3. The minimum Gasteiger partial charge on any atom is -0.325 e. The summed E-state index contributed by atoms with van der Waals surface area (Å²) in [6.07, 6.45) is 0. The van der Waals surface area contributed by atoms with Crippen molar-refractivity contribution in [3.63, 3.8) is 0 Å². The monoisotopic (exact) mass is 690 g/mol. The Morgan fingerprint density at radius 1 is 0.913 bits per heavy atom. The fraction of sp³-hybridized carbons (Fsp3) is 0.125. The predicted octanol–water partition coefficient (Wildman–Crippen LogP) is 6.71. The number of hydrogen-bond donors (Lipinski definition) is 1. The number of aromatic nitrogens is 1. The Balaban J connectivity index is 1.27. The van der Waals surface area contributed by atoms with E-state index in [9.17, 15) is 29.3 Å². The number of thiazole rings is 1. The van der Waals surface area contributed by atoms with Crippen LogP contribution in [0.25, 0.3) is 10.8 Å². The predicted molar refractivity (Wildman–Crippen MR) is 178 cm³/mol. The lowest BCUT2D eigenvalue weighted by Gasteiger charge is -2.31. The highest BCUT2D eigenvalue weighted by atomic mass is 35.5. The van der Waals surface area contributed by atoms with Crippen LogP contribution in [0, 0.1) is 16.0 Å². The highest BCUT2D eigenvalue weighted by molar-refractivity contribution is 8.00. The van der Waals surface area contributed by atoms with Gasteiger partial charge in [0.2, 0.25) is 17.7 Å². The Kier molecular flexibility index (Phi) is 7.68. The van der Waals surface area contributed by atoms with Gasteiger partial charge in [-0.3, -0.25) is 33.9 Å². The number of imide groups is 1. The first kappa shape index (κ1) is 30.2. The summed E-state index contributed by atoms with van der Waals surface area (Å²) < 4.78 is 1.31. The summed E-state index contributed by atoms with van der Waals surface area (Å²) >= 11 is 15.0. The van der Waals surface area contributed by atoms with E-state index in [2.05, 4.69) is 5.32 Å². The number of fused-ring (bicyclic) bond motifs is 3. The molecule has 4 aromatic carbocycles. The van der Waals surface area contributed by atoms with Crippen LogP contribution in [-0.2, 0) is 20.9 Å². The first-order valence-corrected chi connectivity index (χ1v) is 16.3. The number of nitro groups is 1. The Hall–Kier alpha value is -4.49. The van der Waals surface area contributed by atoms with Crippen LogP contribution in [0.4, 0.5) is 17.1 Å². The van der Waals surface area contributed by atoms with Crippen LogP contribution in [0.3, 0.4) is 0 Å².